The van der Waals surface area contributed by atoms with Crippen LogP contribution < -0.4 is 5.32 Å². The van der Waals surface area contributed by atoms with Gasteiger partial charge in [0.1, 0.15) is 5.82 Å². The van der Waals surface area contributed by atoms with Crippen LogP contribution >= 0.6 is 11.8 Å². The fourth-order valence-electron chi connectivity index (χ4n) is 3.23. The van der Waals surface area contributed by atoms with Gasteiger partial charge in [-0.05, 0) is 19.1 Å². The lowest BCUT2D eigenvalue weighted by Crippen LogP contribution is -2.18. The Hall–Kier alpha value is -3.90. The van der Waals surface area contributed by atoms with E-state index in [-0.39, 0.29) is 11.7 Å². The minimum Gasteiger partial charge on any atom is -0.310 e. The highest BCUT2D eigenvalue weighted by molar-refractivity contribution is 7.99. The summed E-state index contributed by atoms with van der Waals surface area (Å²) in [7, 11) is 0. The first-order chi connectivity index (χ1) is 15.7. The van der Waals surface area contributed by atoms with Crippen LogP contribution in [0.4, 0.5) is 5.82 Å². The van der Waals surface area contributed by atoms with Crippen LogP contribution in [0.3, 0.4) is 0 Å². The monoisotopic (exact) mass is 443 g/mol. The lowest BCUT2D eigenvalue weighted by molar-refractivity contribution is -0.113. The Labute approximate surface area is 189 Å². The van der Waals surface area contributed by atoms with Gasteiger partial charge in [-0.25, -0.2) is 4.68 Å². The highest BCUT2D eigenvalue weighted by Crippen LogP contribution is 2.28. The fraction of sp³-hybridized carbons (Fsp3) is 0.174. The molecular weight excluding hydrogens is 422 g/mol. The lowest BCUT2D eigenvalue weighted by atomic mass is 10.2. The summed E-state index contributed by atoms with van der Waals surface area (Å²) in [5.41, 5.74) is 2.64. The molecular formula is C23H21N7OS. The summed E-state index contributed by atoms with van der Waals surface area (Å²) in [6.07, 6.45) is 0.321. The van der Waals surface area contributed by atoms with E-state index >= 15 is 0 Å². The van der Waals surface area contributed by atoms with Crippen LogP contribution in [0, 0.1) is 18.3 Å². The number of para-hydroxylation sites is 1. The van der Waals surface area contributed by atoms with Crippen molar-refractivity contribution in [3.63, 3.8) is 0 Å². The van der Waals surface area contributed by atoms with E-state index in [1.807, 2.05) is 72.2 Å². The van der Waals surface area contributed by atoms with Crippen molar-refractivity contribution in [1.29, 1.82) is 5.26 Å². The molecule has 0 spiro atoms. The largest absolute Gasteiger partial charge is 0.310 e. The standard InChI is InChI=1S/C23H21N7OS/c1-17-15-20(29(28-17)14-8-13-24)25-21(31)16-32-23-27-26-22(18-9-4-2-5-10-18)30(23)19-11-6-3-7-12-19/h2-7,9-12,15H,8,14,16H2,1H3,(H,25,31). The number of anilines is 1. The van der Waals surface area contributed by atoms with Crippen molar-refractivity contribution in [1.82, 2.24) is 24.5 Å². The minimum atomic E-state index is -0.183. The summed E-state index contributed by atoms with van der Waals surface area (Å²) < 4.78 is 3.59. The van der Waals surface area contributed by atoms with Crippen LogP contribution in [0.5, 0.6) is 0 Å². The Morgan fingerprint density at radius 3 is 2.53 bits per heavy atom. The maximum Gasteiger partial charge on any atom is 0.235 e. The third-order valence-corrected chi connectivity index (χ3v) is 5.55. The lowest BCUT2D eigenvalue weighted by Gasteiger charge is -2.11. The van der Waals surface area contributed by atoms with Gasteiger partial charge in [0.05, 0.1) is 30.5 Å². The number of nitriles is 1. The number of rotatable bonds is 8. The van der Waals surface area contributed by atoms with Gasteiger partial charge in [0.2, 0.25) is 5.91 Å². The third-order valence-electron chi connectivity index (χ3n) is 4.62. The molecule has 0 aliphatic heterocycles. The van der Waals surface area contributed by atoms with E-state index in [0.717, 1.165) is 16.9 Å². The molecule has 0 aliphatic carbocycles. The first-order valence-electron chi connectivity index (χ1n) is 10.1. The van der Waals surface area contributed by atoms with Gasteiger partial charge in [0.15, 0.2) is 11.0 Å². The van der Waals surface area contributed by atoms with Gasteiger partial charge < -0.3 is 5.32 Å². The second kappa shape index (κ2) is 9.94. The van der Waals surface area contributed by atoms with Crippen LogP contribution in [0.1, 0.15) is 12.1 Å². The van der Waals surface area contributed by atoms with Gasteiger partial charge >= 0.3 is 0 Å². The molecule has 0 saturated carbocycles. The van der Waals surface area contributed by atoms with Crippen molar-refractivity contribution in [2.45, 2.75) is 25.0 Å². The van der Waals surface area contributed by atoms with Gasteiger partial charge in [-0.1, -0.05) is 60.3 Å². The molecule has 0 atom stereocenters. The van der Waals surface area contributed by atoms with Crippen molar-refractivity contribution < 1.29 is 4.79 Å². The zero-order valence-electron chi connectivity index (χ0n) is 17.5. The van der Waals surface area contributed by atoms with Gasteiger partial charge in [-0.15, -0.1) is 10.2 Å². The number of carbonyl (C=O) groups excluding carboxylic acids is 1. The Morgan fingerprint density at radius 2 is 1.81 bits per heavy atom. The normalized spacial score (nSPS) is 10.6. The average Bonchev–Trinajstić information content (AvgIpc) is 3.40. The maximum atomic E-state index is 12.7. The SMILES string of the molecule is Cc1cc(NC(=O)CSc2nnc(-c3ccccc3)n2-c2ccccc2)n(CCC#N)n1. The molecule has 2 heterocycles. The van der Waals surface area contributed by atoms with Crippen molar-refractivity contribution >= 4 is 23.5 Å². The highest BCUT2D eigenvalue weighted by Gasteiger charge is 2.17. The Morgan fingerprint density at radius 1 is 1.09 bits per heavy atom. The molecule has 160 valence electrons. The van der Waals surface area contributed by atoms with Crippen molar-refractivity contribution in [2.24, 2.45) is 0 Å². The van der Waals surface area contributed by atoms with Crippen LogP contribution in [-0.2, 0) is 11.3 Å². The molecule has 0 saturated heterocycles. The zero-order valence-corrected chi connectivity index (χ0v) is 18.3. The van der Waals surface area contributed by atoms with E-state index in [1.165, 1.54) is 11.8 Å². The molecule has 9 heteroatoms. The number of carbonyl (C=O) groups is 1. The maximum absolute atomic E-state index is 12.7. The summed E-state index contributed by atoms with van der Waals surface area (Å²) in [4.78, 5) is 12.7. The predicted octanol–water partition coefficient (Wildman–Crippen LogP) is 4.08. The fourth-order valence-corrected chi connectivity index (χ4v) is 3.98. The van der Waals surface area contributed by atoms with E-state index in [9.17, 15) is 4.79 Å². The van der Waals surface area contributed by atoms with Crippen molar-refractivity contribution in [3.8, 4) is 23.1 Å². The number of thioether (sulfide) groups is 1. The molecule has 0 bridgehead atoms. The van der Waals surface area contributed by atoms with Gasteiger partial charge in [0.25, 0.3) is 0 Å². The summed E-state index contributed by atoms with van der Waals surface area (Å²) in [6.45, 7) is 2.27. The number of benzene rings is 2. The number of hydrogen-bond donors (Lipinski definition) is 1. The Balaban J connectivity index is 1.53. The first-order valence-corrected chi connectivity index (χ1v) is 11.0. The van der Waals surface area contributed by atoms with Crippen LogP contribution in [0.25, 0.3) is 17.1 Å². The zero-order chi connectivity index (χ0) is 22.3. The Kier molecular flexibility index (Phi) is 6.63. The second-order valence-electron chi connectivity index (χ2n) is 6.98. The topological polar surface area (TPSA) is 101 Å². The highest BCUT2D eigenvalue weighted by atomic mass is 32.2. The first kappa shape index (κ1) is 21.3. The van der Waals surface area contributed by atoms with Crippen LogP contribution in [-0.4, -0.2) is 36.2 Å². The smallest absolute Gasteiger partial charge is 0.235 e. The molecule has 0 fully saturated rings. The number of hydrogen-bond acceptors (Lipinski definition) is 6. The molecule has 0 unspecified atom stereocenters. The molecule has 8 nitrogen and oxygen atoms in total. The molecule has 2 aromatic carbocycles. The minimum absolute atomic E-state index is 0.155. The predicted molar refractivity (Wildman–Crippen MR) is 123 cm³/mol. The van der Waals surface area contributed by atoms with Gasteiger partial charge in [0, 0.05) is 17.3 Å². The molecule has 1 amide bonds. The van der Waals surface area contributed by atoms with E-state index in [2.05, 4.69) is 26.7 Å². The van der Waals surface area contributed by atoms with Gasteiger partial charge in [-0.2, -0.15) is 10.4 Å². The van der Waals surface area contributed by atoms with E-state index in [1.54, 1.807) is 10.7 Å². The van der Waals surface area contributed by atoms with Crippen LogP contribution in [0.2, 0.25) is 0 Å². The Bertz CT molecular complexity index is 1240. The van der Waals surface area contributed by atoms with E-state index < -0.39 is 0 Å². The average molecular weight is 444 g/mol. The van der Waals surface area contributed by atoms with Crippen molar-refractivity contribution in [2.75, 3.05) is 11.1 Å². The van der Waals surface area contributed by atoms with Crippen molar-refractivity contribution in [3.05, 3.63) is 72.4 Å². The number of aromatic nitrogens is 5. The molecule has 4 rings (SSSR count). The number of nitrogens with zero attached hydrogens (tertiary/aromatic N) is 6. The second-order valence-corrected chi connectivity index (χ2v) is 7.92. The summed E-state index contributed by atoms with van der Waals surface area (Å²) in [6, 6.07) is 23.5. The molecule has 32 heavy (non-hydrogen) atoms. The molecule has 0 aliphatic rings. The number of nitrogens with one attached hydrogen (secondary N) is 1. The molecule has 4 aromatic rings. The molecule has 1 N–H and O–H groups in total. The molecule has 0 radical (unpaired) electrons. The molecule has 2 aromatic heterocycles. The summed E-state index contributed by atoms with van der Waals surface area (Å²) >= 11 is 1.31. The third kappa shape index (κ3) is 4.87. The van der Waals surface area contributed by atoms with Gasteiger partial charge in [-0.3, -0.25) is 9.36 Å². The quantitative estimate of drug-likeness (QED) is 0.412. The van der Waals surface area contributed by atoms with Crippen LogP contribution in [0.15, 0.2) is 71.9 Å². The van der Waals surface area contributed by atoms with E-state index in [4.69, 9.17) is 5.26 Å². The number of aryl methyl sites for hydroxylation is 2. The summed E-state index contributed by atoms with van der Waals surface area (Å²) in [5.74, 6) is 1.27. The van der Waals surface area contributed by atoms with E-state index in [0.29, 0.717) is 29.8 Å². The summed E-state index contributed by atoms with van der Waals surface area (Å²) in [5, 5.41) is 25.4. The number of amides is 1.